The van der Waals surface area contributed by atoms with Crippen LogP contribution < -0.4 is 10.6 Å². The second-order valence-electron chi connectivity index (χ2n) is 10.4. The minimum atomic E-state index is -4.45. The predicted octanol–water partition coefficient (Wildman–Crippen LogP) is 5.24. The van der Waals surface area contributed by atoms with Gasteiger partial charge in [0, 0.05) is 12.0 Å². The van der Waals surface area contributed by atoms with Crippen LogP contribution in [0.2, 0.25) is 0 Å². The lowest BCUT2D eigenvalue weighted by Crippen LogP contribution is -2.59. The van der Waals surface area contributed by atoms with Crippen LogP contribution in [0.15, 0.2) is 36.5 Å². The number of nitrogens with one attached hydrogen (secondary N) is 2. The van der Waals surface area contributed by atoms with Crippen LogP contribution in [-0.2, 0) is 0 Å². The number of hydrogen-bond acceptors (Lipinski definition) is 3. The van der Waals surface area contributed by atoms with Gasteiger partial charge in [0.25, 0.3) is 5.91 Å². The van der Waals surface area contributed by atoms with Crippen molar-refractivity contribution in [3.63, 3.8) is 0 Å². The first-order valence-electron chi connectivity index (χ1n) is 11.6. The van der Waals surface area contributed by atoms with E-state index in [9.17, 15) is 18.0 Å². The number of fused-ring (bicyclic) bond motifs is 1. The van der Waals surface area contributed by atoms with Crippen LogP contribution in [0.5, 0.6) is 0 Å². The third kappa shape index (κ3) is 3.30. The quantitative estimate of drug-likeness (QED) is 0.681. The van der Waals surface area contributed by atoms with Gasteiger partial charge in [-0.3, -0.25) is 4.79 Å². The van der Waals surface area contributed by atoms with Gasteiger partial charge in [-0.2, -0.15) is 18.3 Å². The van der Waals surface area contributed by atoms with E-state index in [2.05, 4.69) is 15.7 Å². The lowest BCUT2D eigenvalue weighted by molar-refractivity contribution is -0.173. The molecule has 5 nitrogen and oxygen atoms in total. The third-order valence-electron chi connectivity index (χ3n) is 8.10. The molecule has 1 amide bonds. The molecule has 4 fully saturated rings. The number of hydrogen-bond donors (Lipinski definition) is 2. The number of aromatic nitrogens is 2. The maximum atomic E-state index is 13.9. The van der Waals surface area contributed by atoms with E-state index < -0.39 is 18.3 Å². The van der Waals surface area contributed by atoms with E-state index in [1.165, 1.54) is 25.5 Å². The molecule has 1 aromatic heterocycles. The van der Waals surface area contributed by atoms with Gasteiger partial charge in [-0.15, -0.1) is 0 Å². The van der Waals surface area contributed by atoms with E-state index in [0.717, 1.165) is 29.5 Å². The molecule has 32 heavy (non-hydrogen) atoms. The molecule has 7 rings (SSSR count). The fraction of sp³-hybridized carbons (Fsp3) is 0.583. The van der Waals surface area contributed by atoms with Crippen LogP contribution in [0.4, 0.5) is 19.0 Å². The molecule has 1 aliphatic heterocycles. The summed E-state index contributed by atoms with van der Waals surface area (Å²) < 4.78 is 42.7. The Hall–Kier alpha value is -2.51. The first-order valence-corrected chi connectivity index (χ1v) is 11.6. The van der Waals surface area contributed by atoms with Crippen molar-refractivity contribution >= 4 is 11.7 Å². The smallest absolute Gasteiger partial charge is 0.363 e. The van der Waals surface area contributed by atoms with Gasteiger partial charge in [-0.1, -0.05) is 30.3 Å². The molecule has 8 heteroatoms. The number of rotatable bonds is 3. The number of carbonyl (C=O) groups excluding carboxylic acids is 1. The highest BCUT2D eigenvalue weighted by molar-refractivity contribution is 5.99. The van der Waals surface area contributed by atoms with Crippen LogP contribution in [0.25, 0.3) is 0 Å². The van der Waals surface area contributed by atoms with Gasteiger partial charge in [0.15, 0.2) is 6.04 Å². The topological polar surface area (TPSA) is 59.0 Å². The van der Waals surface area contributed by atoms with Gasteiger partial charge in [-0.25, -0.2) is 4.68 Å². The second kappa shape index (κ2) is 6.99. The van der Waals surface area contributed by atoms with E-state index in [1.54, 1.807) is 0 Å². The van der Waals surface area contributed by atoms with E-state index in [1.807, 2.05) is 30.3 Å². The molecule has 2 atom stereocenters. The number of carbonyl (C=O) groups is 1. The standard InChI is InChI=1S/C24H27F3N4O/c25-24(26,27)20-9-19(17-4-2-1-3-5-17)29-21-18(13-28-31(20)21)22(32)30-23-10-14-6-15(11-23)8-16(7-14)12-23/h1-5,13-16,19-20,29H,6-12H2,(H,30,32)/t14?,15?,16?,19-,20+,23?/m0/s1. The summed E-state index contributed by atoms with van der Waals surface area (Å²) >= 11 is 0. The van der Waals surface area contributed by atoms with E-state index >= 15 is 0 Å². The Kier molecular flexibility index (Phi) is 4.40. The molecule has 2 heterocycles. The van der Waals surface area contributed by atoms with Crippen molar-refractivity contribution in [3.05, 3.63) is 47.7 Å². The van der Waals surface area contributed by atoms with Crippen LogP contribution in [-0.4, -0.2) is 27.4 Å². The van der Waals surface area contributed by atoms with Gasteiger partial charge < -0.3 is 10.6 Å². The minimum Gasteiger partial charge on any atom is -0.363 e. The Balaban J connectivity index is 1.31. The van der Waals surface area contributed by atoms with Crippen molar-refractivity contribution in [3.8, 4) is 0 Å². The average molecular weight is 445 g/mol. The number of alkyl halides is 3. The zero-order valence-corrected chi connectivity index (χ0v) is 17.7. The molecule has 4 saturated carbocycles. The Morgan fingerprint density at radius 1 is 1.03 bits per heavy atom. The SMILES string of the molecule is O=C(NC12CC3CC(CC(C3)C1)C2)c1cnn2c1N[C@H](c1ccccc1)C[C@@H]2C(F)(F)F. The summed E-state index contributed by atoms with van der Waals surface area (Å²) in [7, 11) is 0. The summed E-state index contributed by atoms with van der Waals surface area (Å²) in [5.41, 5.74) is 0.759. The number of amides is 1. The minimum absolute atomic E-state index is 0.162. The van der Waals surface area contributed by atoms with Gasteiger partial charge in [0.1, 0.15) is 11.4 Å². The summed E-state index contributed by atoms with van der Waals surface area (Å²) in [5, 5.41) is 10.5. The molecule has 0 radical (unpaired) electrons. The lowest BCUT2D eigenvalue weighted by atomic mass is 9.53. The molecule has 5 aliphatic rings. The van der Waals surface area contributed by atoms with E-state index in [4.69, 9.17) is 0 Å². The first kappa shape index (κ1) is 20.1. The number of halogens is 3. The van der Waals surface area contributed by atoms with Crippen LogP contribution in [0.3, 0.4) is 0 Å². The normalized spacial score (nSPS) is 35.3. The summed E-state index contributed by atoms with van der Waals surface area (Å²) in [4.78, 5) is 13.4. The lowest BCUT2D eigenvalue weighted by Gasteiger charge is -2.56. The van der Waals surface area contributed by atoms with Crippen molar-refractivity contribution < 1.29 is 18.0 Å². The van der Waals surface area contributed by atoms with Crippen LogP contribution in [0.1, 0.15) is 73.0 Å². The number of anilines is 1. The maximum absolute atomic E-state index is 13.9. The Morgan fingerprint density at radius 2 is 1.66 bits per heavy atom. The molecule has 0 saturated heterocycles. The summed E-state index contributed by atoms with van der Waals surface area (Å²) in [6, 6.07) is 6.77. The van der Waals surface area contributed by atoms with Crippen molar-refractivity contribution in [1.82, 2.24) is 15.1 Å². The van der Waals surface area contributed by atoms with Crippen molar-refractivity contribution in [2.45, 2.75) is 68.7 Å². The molecule has 0 spiro atoms. The second-order valence-corrected chi connectivity index (χ2v) is 10.4. The highest BCUT2D eigenvalue weighted by Gasteiger charge is 2.52. The highest BCUT2D eigenvalue weighted by atomic mass is 19.4. The molecule has 4 aliphatic carbocycles. The molecule has 1 aromatic carbocycles. The summed E-state index contributed by atoms with van der Waals surface area (Å²) in [6.07, 6.45) is 3.40. The molecule has 2 N–H and O–H groups in total. The Bertz CT molecular complexity index is 996. The predicted molar refractivity (Wildman–Crippen MR) is 113 cm³/mol. The number of nitrogens with zero attached hydrogens (tertiary/aromatic N) is 2. The molecule has 0 unspecified atom stereocenters. The van der Waals surface area contributed by atoms with Gasteiger partial charge >= 0.3 is 6.18 Å². The van der Waals surface area contributed by atoms with Crippen molar-refractivity contribution in [2.24, 2.45) is 17.8 Å². The van der Waals surface area contributed by atoms with Gasteiger partial charge in [-0.05, 0) is 61.8 Å². The third-order valence-corrected chi connectivity index (χ3v) is 8.10. The molecule has 170 valence electrons. The highest BCUT2D eigenvalue weighted by Crippen LogP contribution is 2.55. The van der Waals surface area contributed by atoms with E-state index in [0.29, 0.717) is 17.8 Å². The largest absolute Gasteiger partial charge is 0.410 e. The zero-order chi connectivity index (χ0) is 22.1. The molecular weight excluding hydrogens is 417 g/mol. The first-order chi connectivity index (χ1) is 15.3. The molecular formula is C24H27F3N4O. The van der Waals surface area contributed by atoms with Crippen LogP contribution in [0, 0.1) is 17.8 Å². The van der Waals surface area contributed by atoms with Crippen molar-refractivity contribution in [2.75, 3.05) is 5.32 Å². The summed E-state index contributed by atoms with van der Waals surface area (Å²) in [6.45, 7) is 0. The fourth-order valence-corrected chi connectivity index (χ4v) is 7.20. The Morgan fingerprint density at radius 3 is 2.25 bits per heavy atom. The molecule has 2 aromatic rings. The van der Waals surface area contributed by atoms with Crippen LogP contribution >= 0.6 is 0 Å². The van der Waals surface area contributed by atoms with Crippen molar-refractivity contribution in [1.29, 1.82) is 0 Å². The van der Waals surface area contributed by atoms with Gasteiger partial charge in [0.2, 0.25) is 0 Å². The average Bonchev–Trinajstić information content (AvgIpc) is 3.15. The zero-order valence-electron chi connectivity index (χ0n) is 17.7. The fourth-order valence-electron chi connectivity index (χ4n) is 7.20. The Labute approximate surface area is 184 Å². The van der Waals surface area contributed by atoms with Gasteiger partial charge in [0.05, 0.1) is 12.2 Å². The molecule has 4 bridgehead atoms. The van der Waals surface area contributed by atoms with E-state index in [-0.39, 0.29) is 29.2 Å². The maximum Gasteiger partial charge on any atom is 0.410 e. The number of benzene rings is 1. The monoisotopic (exact) mass is 444 g/mol. The summed E-state index contributed by atoms with van der Waals surface area (Å²) in [5.74, 6) is 1.85.